The molecule has 1 fully saturated rings. The number of hydrogen-bond donors (Lipinski definition) is 1. The van der Waals surface area contributed by atoms with E-state index in [1.807, 2.05) is 0 Å². The first-order chi connectivity index (χ1) is 9.97. The maximum Gasteiger partial charge on any atom is 0.325 e. The maximum absolute atomic E-state index is 12.7. The van der Waals surface area contributed by atoms with Crippen LogP contribution in [0.3, 0.4) is 0 Å². The summed E-state index contributed by atoms with van der Waals surface area (Å²) in [4.78, 5) is 11.4. The van der Waals surface area contributed by atoms with Crippen LogP contribution in [-0.2, 0) is 14.6 Å². The fraction of sp³-hybridized carbons (Fsp3) is 0.500. The predicted octanol–water partition coefficient (Wildman–Crippen LogP) is 1.63. The van der Waals surface area contributed by atoms with Gasteiger partial charge in [-0.3, -0.25) is 4.79 Å². The number of hydrogen-bond acceptors (Lipinski definition) is 5. The third-order valence-corrected chi connectivity index (χ3v) is 6.58. The van der Waals surface area contributed by atoms with Crippen LogP contribution in [0.15, 0.2) is 23.1 Å². The van der Waals surface area contributed by atoms with Crippen molar-refractivity contribution < 1.29 is 27.8 Å². The Kier molecular flexibility index (Phi) is 3.32. The smallest absolute Gasteiger partial charge is 0.325 e. The van der Waals surface area contributed by atoms with Gasteiger partial charge in [0.1, 0.15) is 0 Å². The standard InChI is InChI=1S/C14H16O6S/c15-13(16)14(5-1-6-14)21(17,18)10-3-4-11-12(9-10)20-8-2-7-19-11/h3-4,9H,1-2,5-8H2,(H,15,16). The quantitative estimate of drug-likeness (QED) is 0.912. The van der Waals surface area contributed by atoms with E-state index in [0.29, 0.717) is 31.1 Å². The molecule has 1 aromatic carbocycles. The lowest BCUT2D eigenvalue weighted by Gasteiger charge is -2.36. The topological polar surface area (TPSA) is 89.9 Å². The second-order valence-electron chi connectivity index (χ2n) is 5.32. The van der Waals surface area contributed by atoms with Crippen LogP contribution in [0.4, 0.5) is 0 Å². The van der Waals surface area contributed by atoms with Gasteiger partial charge >= 0.3 is 5.97 Å². The molecule has 0 aromatic heterocycles. The Morgan fingerprint density at radius 1 is 1.10 bits per heavy atom. The molecule has 0 saturated heterocycles. The van der Waals surface area contributed by atoms with E-state index in [4.69, 9.17) is 9.47 Å². The van der Waals surface area contributed by atoms with Crippen molar-refractivity contribution in [2.24, 2.45) is 0 Å². The van der Waals surface area contributed by atoms with Crippen molar-refractivity contribution in [3.05, 3.63) is 18.2 Å². The second kappa shape index (κ2) is 4.91. The summed E-state index contributed by atoms with van der Waals surface area (Å²) in [5.41, 5.74) is 0. The van der Waals surface area contributed by atoms with Gasteiger partial charge in [-0.05, 0) is 31.4 Å². The number of carboxylic acid groups (broad SMARTS) is 1. The molecule has 1 aliphatic carbocycles. The summed E-state index contributed by atoms with van der Waals surface area (Å²) in [6.45, 7) is 0.957. The van der Waals surface area contributed by atoms with Gasteiger partial charge in [-0.1, -0.05) is 0 Å². The third-order valence-electron chi connectivity index (χ3n) is 4.09. The SMILES string of the molecule is O=C(O)C1(S(=O)(=O)c2ccc3c(c2)OCCCO3)CCC1. The molecule has 0 amide bonds. The zero-order valence-corrected chi connectivity index (χ0v) is 12.2. The number of sulfone groups is 1. The fourth-order valence-corrected chi connectivity index (χ4v) is 4.65. The van der Waals surface area contributed by atoms with Crippen molar-refractivity contribution in [2.75, 3.05) is 13.2 Å². The zero-order valence-electron chi connectivity index (χ0n) is 11.4. The lowest BCUT2D eigenvalue weighted by atomic mass is 9.84. The Balaban J connectivity index is 2.04. The van der Waals surface area contributed by atoms with Crippen molar-refractivity contribution >= 4 is 15.8 Å². The molecule has 1 aliphatic heterocycles. The molecule has 114 valence electrons. The van der Waals surface area contributed by atoms with Gasteiger partial charge < -0.3 is 14.6 Å². The second-order valence-corrected chi connectivity index (χ2v) is 7.58. The Morgan fingerprint density at radius 2 is 1.76 bits per heavy atom. The highest BCUT2D eigenvalue weighted by Gasteiger charge is 2.56. The number of carbonyl (C=O) groups is 1. The van der Waals surface area contributed by atoms with E-state index < -0.39 is 20.6 Å². The number of benzene rings is 1. The molecule has 0 atom stereocenters. The minimum absolute atomic E-state index is 0.0196. The Hall–Kier alpha value is -1.76. The van der Waals surface area contributed by atoms with Crippen LogP contribution >= 0.6 is 0 Å². The molecule has 2 aliphatic rings. The summed E-state index contributed by atoms with van der Waals surface area (Å²) in [5, 5.41) is 9.33. The van der Waals surface area contributed by atoms with Crippen LogP contribution in [0.1, 0.15) is 25.7 Å². The van der Waals surface area contributed by atoms with E-state index in [1.165, 1.54) is 18.2 Å². The van der Waals surface area contributed by atoms with Crippen molar-refractivity contribution in [1.29, 1.82) is 0 Å². The summed E-state index contributed by atoms with van der Waals surface area (Å²) in [6, 6.07) is 4.30. The van der Waals surface area contributed by atoms with Gasteiger partial charge in [-0.15, -0.1) is 0 Å². The normalized spacial score (nSPS) is 20.2. The Morgan fingerprint density at radius 3 is 2.33 bits per heavy atom. The van der Waals surface area contributed by atoms with Crippen LogP contribution in [0.5, 0.6) is 11.5 Å². The van der Waals surface area contributed by atoms with E-state index >= 15 is 0 Å². The van der Waals surface area contributed by atoms with Crippen LogP contribution in [0, 0.1) is 0 Å². The minimum atomic E-state index is -3.94. The molecule has 0 spiro atoms. The van der Waals surface area contributed by atoms with Crippen LogP contribution in [-0.4, -0.2) is 37.5 Å². The van der Waals surface area contributed by atoms with Crippen LogP contribution < -0.4 is 9.47 Å². The molecule has 1 heterocycles. The summed E-state index contributed by atoms with van der Waals surface area (Å²) in [5.74, 6) is -0.432. The van der Waals surface area contributed by atoms with Crippen LogP contribution in [0.25, 0.3) is 0 Å². The molecule has 1 aromatic rings. The predicted molar refractivity (Wildman–Crippen MR) is 73.5 cm³/mol. The third kappa shape index (κ3) is 2.07. The first-order valence-corrected chi connectivity index (χ1v) is 8.33. The van der Waals surface area contributed by atoms with E-state index in [-0.39, 0.29) is 17.7 Å². The van der Waals surface area contributed by atoms with E-state index in [9.17, 15) is 18.3 Å². The van der Waals surface area contributed by atoms with Gasteiger partial charge in [0.25, 0.3) is 0 Å². The van der Waals surface area contributed by atoms with Gasteiger partial charge in [0.2, 0.25) is 0 Å². The number of carboxylic acids is 1. The average Bonchev–Trinajstić information content (AvgIpc) is 2.60. The molecule has 0 radical (unpaired) electrons. The first-order valence-electron chi connectivity index (χ1n) is 6.85. The van der Waals surface area contributed by atoms with Crippen LogP contribution in [0.2, 0.25) is 0 Å². The fourth-order valence-electron chi connectivity index (χ4n) is 2.63. The molecular weight excluding hydrogens is 296 g/mol. The summed E-state index contributed by atoms with van der Waals surface area (Å²) in [6.07, 6.45) is 1.63. The van der Waals surface area contributed by atoms with Gasteiger partial charge in [0.15, 0.2) is 26.1 Å². The van der Waals surface area contributed by atoms with E-state index in [2.05, 4.69) is 0 Å². The van der Waals surface area contributed by atoms with Crippen molar-refractivity contribution in [2.45, 2.75) is 35.3 Å². The van der Waals surface area contributed by atoms with Crippen molar-refractivity contribution in [3.8, 4) is 11.5 Å². The summed E-state index contributed by atoms with van der Waals surface area (Å²) >= 11 is 0. The first kappa shape index (κ1) is 14.2. The highest BCUT2D eigenvalue weighted by Crippen LogP contribution is 2.44. The molecule has 21 heavy (non-hydrogen) atoms. The number of rotatable bonds is 3. The minimum Gasteiger partial charge on any atom is -0.490 e. The molecule has 1 N–H and O–H groups in total. The lowest BCUT2D eigenvalue weighted by Crippen LogP contribution is -2.51. The molecule has 3 rings (SSSR count). The molecule has 0 bridgehead atoms. The molecule has 1 saturated carbocycles. The summed E-state index contributed by atoms with van der Waals surface area (Å²) in [7, 11) is -3.94. The maximum atomic E-state index is 12.7. The average molecular weight is 312 g/mol. The van der Waals surface area contributed by atoms with Crippen molar-refractivity contribution in [1.82, 2.24) is 0 Å². The highest BCUT2D eigenvalue weighted by molar-refractivity contribution is 7.93. The van der Waals surface area contributed by atoms with Gasteiger partial charge in [0, 0.05) is 12.5 Å². The van der Waals surface area contributed by atoms with E-state index in [0.717, 1.165) is 6.42 Å². The molecular formula is C14H16O6S. The summed E-state index contributed by atoms with van der Waals surface area (Å²) < 4.78 is 34.6. The van der Waals surface area contributed by atoms with E-state index in [1.54, 1.807) is 0 Å². The monoisotopic (exact) mass is 312 g/mol. The molecule has 0 unspecified atom stereocenters. The zero-order chi connectivity index (χ0) is 15.1. The lowest BCUT2D eigenvalue weighted by molar-refractivity contribution is -0.142. The number of aliphatic carboxylic acids is 1. The largest absolute Gasteiger partial charge is 0.490 e. The van der Waals surface area contributed by atoms with Gasteiger partial charge in [0.05, 0.1) is 18.1 Å². The molecule has 6 nitrogen and oxygen atoms in total. The Labute approximate surface area is 122 Å². The Bertz CT molecular complexity index is 675. The van der Waals surface area contributed by atoms with Gasteiger partial charge in [-0.2, -0.15) is 0 Å². The van der Waals surface area contributed by atoms with Crippen molar-refractivity contribution in [3.63, 3.8) is 0 Å². The molecule has 7 heteroatoms. The van der Waals surface area contributed by atoms with Gasteiger partial charge in [-0.25, -0.2) is 8.42 Å². The number of fused-ring (bicyclic) bond motifs is 1. The number of ether oxygens (including phenoxy) is 2. The highest BCUT2D eigenvalue weighted by atomic mass is 32.2.